The van der Waals surface area contributed by atoms with E-state index in [1.54, 1.807) is 12.1 Å². The maximum Gasteiger partial charge on any atom is 0.333 e. The number of nitrogens with zero attached hydrogens (tertiary/aromatic N) is 2. The minimum Gasteiger partial charge on any atom is -0.431 e. The van der Waals surface area contributed by atoms with E-state index in [1.807, 2.05) is 0 Å². The number of benzene rings is 2. The van der Waals surface area contributed by atoms with Gasteiger partial charge in [-0.2, -0.15) is 0 Å². The van der Waals surface area contributed by atoms with Crippen molar-refractivity contribution >= 4 is 11.1 Å². The van der Waals surface area contributed by atoms with Crippen molar-refractivity contribution in [2.24, 2.45) is 7.05 Å². The van der Waals surface area contributed by atoms with E-state index in [1.165, 1.54) is 31.3 Å². The molecule has 31 heavy (non-hydrogen) atoms. The van der Waals surface area contributed by atoms with E-state index in [4.69, 9.17) is 4.42 Å². The van der Waals surface area contributed by atoms with Crippen LogP contribution < -0.4 is 11.2 Å². The third-order valence-electron chi connectivity index (χ3n) is 4.75. The zero-order valence-corrected chi connectivity index (χ0v) is 16.3. The van der Waals surface area contributed by atoms with Crippen LogP contribution in [-0.2, 0) is 20.0 Å². The normalized spacial score (nSPS) is 10.8. The first-order chi connectivity index (χ1) is 14.8. The predicted octanol–water partition coefficient (Wildman–Crippen LogP) is 3.35. The Morgan fingerprint density at radius 3 is 2.35 bits per heavy atom. The Balaban J connectivity index is 1.69. The Morgan fingerprint density at radius 1 is 0.935 bits per heavy atom. The van der Waals surface area contributed by atoms with Gasteiger partial charge in [0.1, 0.15) is 11.2 Å². The minimum atomic E-state index is -1.06. The first-order valence-corrected chi connectivity index (χ1v) is 9.24. The molecule has 0 radical (unpaired) electrons. The van der Waals surface area contributed by atoms with E-state index in [0.717, 1.165) is 26.8 Å². The van der Waals surface area contributed by atoms with Crippen LogP contribution in [0.4, 0.5) is 13.2 Å². The summed E-state index contributed by atoms with van der Waals surface area (Å²) in [5, 5.41) is 0.135. The molecule has 0 saturated heterocycles. The Kier molecular flexibility index (Phi) is 5.26. The van der Waals surface area contributed by atoms with Gasteiger partial charge in [-0.25, -0.2) is 18.0 Å². The lowest BCUT2D eigenvalue weighted by Gasteiger charge is -2.08. The summed E-state index contributed by atoms with van der Waals surface area (Å²) in [5.41, 5.74) is -0.158. The van der Waals surface area contributed by atoms with Gasteiger partial charge in [0.05, 0.1) is 6.54 Å². The molecule has 0 aliphatic heterocycles. The molecular formula is C23H15F3N2O3. The van der Waals surface area contributed by atoms with Gasteiger partial charge in [0, 0.05) is 19.5 Å². The molecule has 0 atom stereocenters. The molecule has 156 valence electrons. The van der Waals surface area contributed by atoms with E-state index >= 15 is 0 Å². The average molecular weight is 424 g/mol. The number of aromatic nitrogens is 2. The zero-order valence-electron chi connectivity index (χ0n) is 16.3. The summed E-state index contributed by atoms with van der Waals surface area (Å²) in [6.45, 7) is -0.227. The van der Waals surface area contributed by atoms with E-state index in [9.17, 15) is 22.8 Å². The van der Waals surface area contributed by atoms with Crippen LogP contribution >= 0.6 is 0 Å². The van der Waals surface area contributed by atoms with E-state index < -0.39 is 22.9 Å². The van der Waals surface area contributed by atoms with Crippen LogP contribution in [0.2, 0.25) is 0 Å². The minimum absolute atomic E-state index is 0.0580. The van der Waals surface area contributed by atoms with Gasteiger partial charge < -0.3 is 4.42 Å². The molecule has 0 fully saturated rings. The highest BCUT2D eigenvalue weighted by Crippen LogP contribution is 2.14. The first-order valence-electron chi connectivity index (χ1n) is 9.24. The van der Waals surface area contributed by atoms with Gasteiger partial charge in [-0.1, -0.05) is 24.1 Å². The summed E-state index contributed by atoms with van der Waals surface area (Å²) < 4.78 is 47.2. The van der Waals surface area contributed by atoms with Gasteiger partial charge in [-0.15, -0.1) is 0 Å². The molecule has 0 saturated carbocycles. The van der Waals surface area contributed by atoms with Crippen molar-refractivity contribution in [3.05, 3.63) is 104 Å². The van der Waals surface area contributed by atoms with E-state index in [2.05, 4.69) is 11.8 Å². The van der Waals surface area contributed by atoms with E-state index in [-0.39, 0.29) is 34.8 Å². The molecule has 0 bridgehead atoms. The molecule has 2 aromatic heterocycles. The topological polar surface area (TPSA) is 57.1 Å². The van der Waals surface area contributed by atoms with Crippen molar-refractivity contribution in [3.63, 3.8) is 0 Å². The van der Waals surface area contributed by atoms with Crippen LogP contribution in [0.3, 0.4) is 0 Å². The lowest BCUT2D eigenvalue weighted by Crippen LogP contribution is -2.39. The Labute approximate surface area is 174 Å². The van der Waals surface area contributed by atoms with Crippen molar-refractivity contribution in [1.29, 1.82) is 0 Å². The van der Waals surface area contributed by atoms with Gasteiger partial charge in [0.25, 0.3) is 5.56 Å². The van der Waals surface area contributed by atoms with Gasteiger partial charge in [-0.05, 0) is 41.3 Å². The maximum absolute atomic E-state index is 13.5. The lowest BCUT2D eigenvalue weighted by atomic mass is 10.1. The summed E-state index contributed by atoms with van der Waals surface area (Å²) in [7, 11) is 1.44. The second-order valence-corrected chi connectivity index (χ2v) is 6.92. The number of hydrogen-bond donors (Lipinski definition) is 0. The van der Waals surface area contributed by atoms with Crippen LogP contribution in [-0.4, -0.2) is 9.13 Å². The first kappa shape index (κ1) is 20.3. The van der Waals surface area contributed by atoms with Crippen LogP contribution in [0.25, 0.3) is 11.1 Å². The van der Waals surface area contributed by atoms with Crippen molar-refractivity contribution in [1.82, 2.24) is 9.13 Å². The molecule has 0 spiro atoms. The second kappa shape index (κ2) is 8.03. The molecule has 2 aromatic carbocycles. The molecule has 0 unspecified atom stereocenters. The monoisotopic (exact) mass is 424 g/mol. The number of rotatable bonds is 3. The maximum atomic E-state index is 13.5. The standard InChI is InChI=1S/C23H15F3N2O3/c1-27-22-18(12-17(31-22)4-2-3-14-5-8-16(24)9-6-14)21(29)28(23(27)30)13-15-7-10-19(25)20(26)11-15/h5-12H,3,13H2,1H3. The Hall–Kier alpha value is -3.99. The molecule has 4 aromatic rings. The fourth-order valence-electron chi connectivity index (χ4n) is 3.14. The molecule has 8 heteroatoms. The number of furan rings is 1. The van der Waals surface area contributed by atoms with Crippen LogP contribution in [0.1, 0.15) is 16.9 Å². The Morgan fingerprint density at radius 2 is 1.65 bits per heavy atom. The summed E-state index contributed by atoms with van der Waals surface area (Å²) in [4.78, 5) is 25.5. The van der Waals surface area contributed by atoms with Crippen molar-refractivity contribution in [2.75, 3.05) is 0 Å². The van der Waals surface area contributed by atoms with Gasteiger partial charge >= 0.3 is 5.69 Å². The molecule has 5 nitrogen and oxygen atoms in total. The number of halogens is 3. The number of fused-ring (bicyclic) bond motifs is 1. The third kappa shape index (κ3) is 4.03. The van der Waals surface area contributed by atoms with Crippen molar-refractivity contribution in [3.8, 4) is 11.8 Å². The smallest absolute Gasteiger partial charge is 0.333 e. The molecule has 0 amide bonds. The lowest BCUT2D eigenvalue weighted by molar-refractivity contribution is 0.505. The van der Waals surface area contributed by atoms with Crippen LogP contribution in [0.5, 0.6) is 0 Å². The summed E-state index contributed by atoms with van der Waals surface area (Å²) in [6, 6.07) is 10.5. The Bertz CT molecular complexity index is 1470. The van der Waals surface area contributed by atoms with Crippen molar-refractivity contribution in [2.45, 2.75) is 13.0 Å². The molecule has 0 aliphatic rings. The zero-order chi connectivity index (χ0) is 22.1. The molecule has 2 heterocycles. The van der Waals surface area contributed by atoms with Crippen LogP contribution in [0.15, 0.2) is 62.5 Å². The largest absolute Gasteiger partial charge is 0.431 e. The molecule has 4 rings (SSSR count). The van der Waals surface area contributed by atoms with E-state index in [0.29, 0.717) is 6.42 Å². The highest BCUT2D eigenvalue weighted by atomic mass is 19.2. The third-order valence-corrected chi connectivity index (χ3v) is 4.75. The fourth-order valence-corrected chi connectivity index (χ4v) is 3.14. The van der Waals surface area contributed by atoms with Crippen molar-refractivity contribution < 1.29 is 17.6 Å². The fraction of sp³-hybridized carbons (Fsp3) is 0.130. The summed E-state index contributed by atoms with van der Waals surface area (Å²) in [6.07, 6.45) is 0.344. The highest BCUT2D eigenvalue weighted by Gasteiger charge is 2.16. The number of aryl methyl sites for hydroxylation is 1. The second-order valence-electron chi connectivity index (χ2n) is 6.92. The molecular weight excluding hydrogens is 409 g/mol. The predicted molar refractivity (Wildman–Crippen MR) is 108 cm³/mol. The highest BCUT2D eigenvalue weighted by molar-refractivity contribution is 5.74. The van der Waals surface area contributed by atoms with Gasteiger partial charge in [0.2, 0.25) is 5.71 Å². The quantitative estimate of drug-likeness (QED) is 0.474. The molecule has 0 aliphatic carbocycles. The summed E-state index contributed by atoms with van der Waals surface area (Å²) >= 11 is 0. The van der Waals surface area contributed by atoms with Crippen LogP contribution in [0, 0.1) is 29.3 Å². The van der Waals surface area contributed by atoms with Gasteiger partial charge in [0.15, 0.2) is 17.4 Å². The SMILES string of the molecule is Cn1c(=O)n(Cc2ccc(F)c(F)c2)c(=O)c2cc(C#CCc3ccc(F)cc3)oc21. The summed E-state index contributed by atoms with van der Waals surface area (Å²) in [5.74, 6) is 3.44. The average Bonchev–Trinajstić information content (AvgIpc) is 3.18. The number of hydrogen-bond acceptors (Lipinski definition) is 3. The van der Waals surface area contributed by atoms with Gasteiger partial charge in [-0.3, -0.25) is 13.9 Å². The molecule has 0 N–H and O–H groups in total.